The normalized spacial score (nSPS) is 8.50. The van der Waals surface area contributed by atoms with Crippen LogP contribution in [0.1, 0.15) is 5.56 Å². The van der Waals surface area contributed by atoms with Gasteiger partial charge < -0.3 is 0 Å². The predicted octanol–water partition coefficient (Wildman–Crippen LogP) is 1.96. The van der Waals surface area contributed by atoms with E-state index in [9.17, 15) is 3.02 Å². The fourth-order valence-electron chi connectivity index (χ4n) is 0.579. The van der Waals surface area contributed by atoms with Gasteiger partial charge in [-0.25, -0.2) is 0 Å². The van der Waals surface area contributed by atoms with Gasteiger partial charge in [0.2, 0.25) is 0 Å². The van der Waals surface area contributed by atoms with Crippen molar-refractivity contribution in [3.8, 4) is 10.1 Å². The molecule has 0 saturated carbocycles. The minimum absolute atomic E-state index is 0.794. The zero-order valence-electron chi connectivity index (χ0n) is 5.07. The van der Waals surface area contributed by atoms with Gasteiger partial charge in [-0.15, -0.1) is 0 Å². The van der Waals surface area contributed by atoms with Crippen LogP contribution in [0.25, 0.3) is 0 Å². The van der Waals surface area contributed by atoms with Crippen molar-refractivity contribution < 1.29 is 23.3 Å². The molecule has 0 aliphatic heterocycles. The summed E-state index contributed by atoms with van der Waals surface area (Å²) in [5, 5.41) is 0. The van der Waals surface area contributed by atoms with E-state index in [0.29, 0.717) is 0 Å². The molecular weight excluding hydrogens is 223 g/mol. The molecule has 0 aliphatic carbocycles. The Labute approximate surface area is 69.5 Å². The third-order valence-corrected chi connectivity index (χ3v) is 1.31. The monoisotopic (exact) mass is 227 g/mol. The molecule has 55 valence electrons. The zero-order chi connectivity index (χ0) is 7.23. The van der Waals surface area contributed by atoms with Crippen molar-refractivity contribution in [3.63, 3.8) is 0 Å². The zero-order valence-corrected chi connectivity index (χ0v) is 6.55. The summed E-state index contributed by atoms with van der Waals surface area (Å²) in [5.74, 6) is 2.68. The van der Waals surface area contributed by atoms with Crippen LogP contribution in [0.15, 0.2) is 30.3 Å². The third-order valence-electron chi connectivity index (χ3n) is 0.984. The molecule has 0 atom stereocenters. The van der Waals surface area contributed by atoms with Crippen molar-refractivity contribution in [2.45, 2.75) is 0 Å². The van der Waals surface area contributed by atoms with Gasteiger partial charge in [0, 0.05) is 0 Å². The Morgan fingerprint density at radius 2 is 1.90 bits per heavy atom. The van der Waals surface area contributed by atoms with E-state index in [1.54, 1.807) is 0 Å². The van der Waals surface area contributed by atoms with Crippen molar-refractivity contribution in [1.29, 1.82) is 0 Å². The summed E-state index contributed by atoms with van der Waals surface area (Å²) in [6, 6.07) is 9.38. The molecule has 1 aromatic rings. The summed E-state index contributed by atoms with van der Waals surface area (Å²) in [4.78, 5) is 0. The van der Waals surface area contributed by atoms with Crippen LogP contribution in [0.3, 0.4) is 0 Å². The van der Waals surface area contributed by atoms with Crippen LogP contribution in [-0.4, -0.2) is 0 Å². The number of rotatable bonds is 0. The van der Waals surface area contributed by atoms with Crippen molar-refractivity contribution in [2.24, 2.45) is 0 Å². The Kier molecular flexibility index (Phi) is 3.25. The molecule has 0 spiro atoms. The topological polar surface area (TPSA) is 0 Å². The van der Waals surface area contributed by atoms with Gasteiger partial charge in [0.25, 0.3) is 0 Å². The molecule has 0 saturated heterocycles. The standard InChI is InChI=1S/C8H5.Ag.FH/c1-2-8-6-4-3-5-7-8;;/h3-7H;;1H/q;+1;/p-1. The molecule has 0 amide bonds. The Bertz CT molecular complexity index is 245. The summed E-state index contributed by atoms with van der Waals surface area (Å²) in [7, 11) is 0. The van der Waals surface area contributed by atoms with Gasteiger partial charge in [-0.05, 0) is 0 Å². The van der Waals surface area contributed by atoms with E-state index in [4.69, 9.17) is 0 Å². The van der Waals surface area contributed by atoms with E-state index in [1.807, 2.05) is 30.3 Å². The Morgan fingerprint density at radius 1 is 1.20 bits per heavy atom. The molecule has 0 N–H and O–H groups in total. The summed E-state index contributed by atoms with van der Waals surface area (Å²) in [6.07, 6.45) is 0. The van der Waals surface area contributed by atoms with Gasteiger partial charge in [0.1, 0.15) is 0 Å². The van der Waals surface area contributed by atoms with Crippen LogP contribution in [0, 0.1) is 10.1 Å². The molecule has 0 aromatic heterocycles. The molecule has 0 nitrogen and oxygen atoms in total. The Balaban J connectivity index is 2.76. The van der Waals surface area contributed by atoms with E-state index in [1.165, 1.54) is 0 Å². The predicted molar refractivity (Wildman–Crippen MR) is 34.4 cm³/mol. The molecule has 0 unspecified atom stereocenters. The van der Waals surface area contributed by atoms with Gasteiger partial charge in [-0.3, -0.25) is 0 Å². The average Bonchev–Trinajstić information content (AvgIpc) is 2.03. The van der Waals surface area contributed by atoms with Crippen molar-refractivity contribution in [3.05, 3.63) is 35.9 Å². The van der Waals surface area contributed by atoms with E-state index in [-0.39, 0.29) is 0 Å². The van der Waals surface area contributed by atoms with Crippen LogP contribution in [0.4, 0.5) is 3.02 Å². The first-order valence-corrected chi connectivity index (χ1v) is 3.98. The summed E-state index contributed by atoms with van der Waals surface area (Å²) < 4.78 is 13.9. The number of hydrogen-bond acceptors (Lipinski definition) is 0. The van der Waals surface area contributed by atoms with Crippen molar-refractivity contribution >= 4 is 0 Å². The van der Waals surface area contributed by atoms with E-state index in [0.717, 1.165) is 5.56 Å². The van der Waals surface area contributed by atoms with E-state index in [2.05, 4.69) is 10.1 Å². The molecule has 1 rings (SSSR count). The Hall–Kier alpha value is -0.550. The van der Waals surface area contributed by atoms with Crippen LogP contribution in [-0.2, 0) is 20.3 Å². The fourth-order valence-corrected chi connectivity index (χ4v) is 0.863. The maximum atomic E-state index is 11.5. The first kappa shape index (κ1) is 7.56. The van der Waals surface area contributed by atoms with E-state index < -0.39 is 20.3 Å². The summed E-state index contributed by atoms with van der Waals surface area (Å²) in [6.45, 7) is 0. The quantitative estimate of drug-likeness (QED) is 0.470. The number of halogens is 1. The van der Waals surface area contributed by atoms with Gasteiger partial charge in [0.15, 0.2) is 0 Å². The molecule has 0 bridgehead atoms. The first-order valence-electron chi connectivity index (χ1n) is 2.68. The maximum absolute atomic E-state index is 11.5. The second kappa shape index (κ2) is 4.29. The molecule has 10 heavy (non-hydrogen) atoms. The molecule has 0 radical (unpaired) electrons. The van der Waals surface area contributed by atoms with Gasteiger partial charge >= 0.3 is 69.3 Å². The molecule has 0 aliphatic rings. The molecule has 0 fully saturated rings. The van der Waals surface area contributed by atoms with Gasteiger partial charge in [0.05, 0.1) is 0 Å². The minimum atomic E-state index is -0.794. The molecule has 2 heteroatoms. The number of benzene rings is 1. The second-order valence-corrected chi connectivity index (χ2v) is 2.27. The first-order chi connectivity index (χ1) is 4.93. The van der Waals surface area contributed by atoms with E-state index >= 15 is 0 Å². The van der Waals surface area contributed by atoms with Crippen LogP contribution in [0.5, 0.6) is 0 Å². The van der Waals surface area contributed by atoms with Crippen LogP contribution < -0.4 is 0 Å². The van der Waals surface area contributed by atoms with Gasteiger partial charge in [-0.1, -0.05) is 0 Å². The van der Waals surface area contributed by atoms with Crippen molar-refractivity contribution in [2.75, 3.05) is 0 Å². The Morgan fingerprint density at radius 3 is 2.50 bits per heavy atom. The second-order valence-electron chi connectivity index (χ2n) is 1.62. The van der Waals surface area contributed by atoms with Crippen LogP contribution >= 0.6 is 0 Å². The number of hydrogen-bond donors (Lipinski definition) is 0. The molecule has 1 aromatic carbocycles. The SMILES string of the molecule is [F][Ag][C]#Cc1ccccc1. The summed E-state index contributed by atoms with van der Waals surface area (Å²) >= 11 is -0.794. The molecular formula is C8H5AgF. The van der Waals surface area contributed by atoms with Crippen molar-refractivity contribution in [1.82, 2.24) is 0 Å². The third kappa shape index (κ3) is 2.36. The fraction of sp³-hybridized carbons (Fsp3) is 0. The van der Waals surface area contributed by atoms with Crippen LogP contribution in [0.2, 0.25) is 0 Å². The summed E-state index contributed by atoms with van der Waals surface area (Å²) in [5.41, 5.74) is 0.869. The van der Waals surface area contributed by atoms with Gasteiger partial charge in [-0.2, -0.15) is 0 Å². The average molecular weight is 228 g/mol. The molecule has 0 heterocycles.